The van der Waals surface area contributed by atoms with Crippen molar-refractivity contribution in [2.24, 2.45) is 11.8 Å². The van der Waals surface area contributed by atoms with Gasteiger partial charge in [-0.25, -0.2) is 4.68 Å². The first-order chi connectivity index (χ1) is 12.0. The fraction of sp³-hybridized carbons (Fsp3) is 0.550. The van der Waals surface area contributed by atoms with Crippen molar-refractivity contribution < 1.29 is 9.59 Å². The third kappa shape index (κ3) is 3.91. The van der Waals surface area contributed by atoms with E-state index in [1.54, 1.807) is 6.20 Å². The Morgan fingerprint density at radius 3 is 2.84 bits per heavy atom. The molecule has 1 aromatic carbocycles. The van der Waals surface area contributed by atoms with Gasteiger partial charge in [0.25, 0.3) is 0 Å². The molecule has 134 valence electrons. The number of benzene rings is 1. The normalized spacial score (nSPS) is 23.6. The summed E-state index contributed by atoms with van der Waals surface area (Å²) in [6, 6.07) is 6.11. The molecule has 0 aliphatic heterocycles. The zero-order valence-electron chi connectivity index (χ0n) is 15.3. The summed E-state index contributed by atoms with van der Waals surface area (Å²) in [5, 5.41) is 8.26. The lowest BCUT2D eigenvalue weighted by Gasteiger charge is -2.34. The molecule has 25 heavy (non-hydrogen) atoms. The van der Waals surface area contributed by atoms with Crippen molar-refractivity contribution in [2.75, 3.05) is 0 Å². The van der Waals surface area contributed by atoms with E-state index < -0.39 is 0 Å². The average Bonchev–Trinajstić information content (AvgIpc) is 3.00. The molecule has 0 bridgehead atoms. The van der Waals surface area contributed by atoms with E-state index in [0.717, 1.165) is 29.3 Å². The van der Waals surface area contributed by atoms with Crippen LogP contribution in [0.5, 0.6) is 0 Å². The van der Waals surface area contributed by atoms with Gasteiger partial charge in [-0.05, 0) is 37.3 Å². The zero-order valence-corrected chi connectivity index (χ0v) is 15.3. The largest absolute Gasteiger partial charge is 0.353 e. The summed E-state index contributed by atoms with van der Waals surface area (Å²) in [6.07, 6.45) is 5.52. The molecule has 1 saturated carbocycles. The summed E-state index contributed by atoms with van der Waals surface area (Å²) < 4.78 is 1.41. The number of aromatic nitrogens is 2. The molecule has 0 unspecified atom stereocenters. The summed E-state index contributed by atoms with van der Waals surface area (Å²) in [5.74, 6) is 0.956. The number of hydrogen-bond donors (Lipinski definition) is 1. The second kappa shape index (κ2) is 7.38. The average molecular weight is 341 g/mol. The molecule has 0 saturated heterocycles. The fourth-order valence-electron chi connectivity index (χ4n) is 3.74. The molecule has 1 heterocycles. The number of fused-ring (bicyclic) bond motifs is 1. The summed E-state index contributed by atoms with van der Waals surface area (Å²) in [6.45, 7) is 6.46. The molecule has 1 aromatic heterocycles. The van der Waals surface area contributed by atoms with E-state index in [4.69, 9.17) is 0 Å². The van der Waals surface area contributed by atoms with Crippen molar-refractivity contribution in [3.8, 4) is 0 Å². The number of nitrogens with one attached hydrogen (secondary N) is 1. The molecule has 1 N–H and O–H groups in total. The predicted octanol–water partition coefficient (Wildman–Crippen LogP) is 3.71. The molecule has 1 amide bonds. The fourth-order valence-corrected chi connectivity index (χ4v) is 3.74. The quantitative estimate of drug-likeness (QED) is 0.922. The topological polar surface area (TPSA) is 64.0 Å². The van der Waals surface area contributed by atoms with Crippen LogP contribution in [-0.4, -0.2) is 27.6 Å². The van der Waals surface area contributed by atoms with Crippen LogP contribution in [0.2, 0.25) is 0 Å². The van der Waals surface area contributed by atoms with E-state index in [1.807, 2.05) is 25.1 Å². The van der Waals surface area contributed by atoms with Crippen LogP contribution in [0.1, 0.15) is 56.3 Å². The van der Waals surface area contributed by atoms with Crippen LogP contribution in [0.4, 0.5) is 0 Å². The van der Waals surface area contributed by atoms with Crippen molar-refractivity contribution >= 4 is 22.7 Å². The van der Waals surface area contributed by atoms with E-state index in [1.165, 1.54) is 11.1 Å². The number of hydrogen-bond acceptors (Lipinski definition) is 3. The third-order valence-corrected chi connectivity index (χ3v) is 5.58. The maximum Gasteiger partial charge on any atom is 0.247 e. The summed E-state index contributed by atoms with van der Waals surface area (Å²) in [4.78, 5) is 24.7. The summed E-state index contributed by atoms with van der Waals surface area (Å²) in [5.41, 5.74) is 1.93. The molecule has 5 nitrogen and oxygen atoms in total. The number of aryl methyl sites for hydroxylation is 1. The molecule has 0 radical (unpaired) electrons. The van der Waals surface area contributed by atoms with Gasteiger partial charge in [0.05, 0.1) is 11.7 Å². The monoisotopic (exact) mass is 341 g/mol. The Morgan fingerprint density at radius 1 is 1.24 bits per heavy atom. The van der Waals surface area contributed by atoms with Gasteiger partial charge in [0.2, 0.25) is 11.8 Å². The van der Waals surface area contributed by atoms with E-state index in [-0.39, 0.29) is 30.7 Å². The van der Waals surface area contributed by atoms with E-state index in [9.17, 15) is 9.59 Å². The molecular formula is C20H27N3O2. The summed E-state index contributed by atoms with van der Waals surface area (Å²) in [7, 11) is 0. The molecule has 2 aromatic rings. The second-order valence-electron chi connectivity index (χ2n) is 7.45. The number of nitrogens with zero attached hydrogens (tertiary/aromatic N) is 2. The van der Waals surface area contributed by atoms with Gasteiger partial charge in [-0.3, -0.25) is 9.59 Å². The van der Waals surface area contributed by atoms with Gasteiger partial charge in [0.1, 0.15) is 0 Å². The van der Waals surface area contributed by atoms with Crippen LogP contribution in [0, 0.1) is 18.8 Å². The number of rotatable bonds is 4. The lowest BCUT2D eigenvalue weighted by molar-refractivity contribution is -0.122. The zero-order chi connectivity index (χ0) is 18.0. The molecule has 0 spiro atoms. The maximum absolute atomic E-state index is 12.4. The Kier molecular flexibility index (Phi) is 5.21. The minimum atomic E-state index is -0.140. The Balaban J connectivity index is 1.57. The molecule has 1 aliphatic carbocycles. The van der Waals surface area contributed by atoms with Crippen molar-refractivity contribution in [3.05, 3.63) is 30.0 Å². The standard InChI is InChI=1S/C20H27N3O2/c1-13-7-8-18-16(11-13)12-21-23(18)20(25)10-9-19(24)22-17-6-4-5-14(2)15(17)3/h7-8,11-12,14-15,17H,4-6,9-10H2,1-3H3,(H,22,24)/t14-,15+,17+/m0/s1. The van der Waals surface area contributed by atoms with Gasteiger partial charge >= 0.3 is 0 Å². The molecular weight excluding hydrogens is 314 g/mol. The number of carbonyl (C=O) groups excluding carboxylic acids is 2. The Morgan fingerprint density at radius 2 is 2.04 bits per heavy atom. The van der Waals surface area contributed by atoms with E-state index >= 15 is 0 Å². The third-order valence-electron chi connectivity index (χ3n) is 5.58. The SMILES string of the molecule is Cc1ccc2c(cnn2C(=O)CCC(=O)N[C@@H]2CCC[C@H](C)[C@H]2C)c1. The molecule has 5 heteroatoms. The van der Waals surface area contributed by atoms with Crippen LogP contribution in [0.25, 0.3) is 10.9 Å². The van der Waals surface area contributed by atoms with Crippen molar-refractivity contribution in [1.82, 2.24) is 15.1 Å². The maximum atomic E-state index is 12.4. The molecule has 3 rings (SSSR count). The molecule has 1 fully saturated rings. The van der Waals surface area contributed by atoms with Crippen molar-refractivity contribution in [1.29, 1.82) is 0 Å². The van der Waals surface area contributed by atoms with Crippen LogP contribution in [-0.2, 0) is 4.79 Å². The first kappa shape index (κ1) is 17.6. The Bertz CT molecular complexity index is 780. The van der Waals surface area contributed by atoms with Gasteiger partial charge in [-0.2, -0.15) is 5.10 Å². The minimum absolute atomic E-state index is 0.0355. The molecule has 3 atom stereocenters. The first-order valence-electron chi connectivity index (χ1n) is 9.22. The van der Waals surface area contributed by atoms with Gasteiger partial charge < -0.3 is 5.32 Å². The highest BCUT2D eigenvalue weighted by Crippen LogP contribution is 2.29. The van der Waals surface area contributed by atoms with Crippen LogP contribution >= 0.6 is 0 Å². The van der Waals surface area contributed by atoms with E-state index in [0.29, 0.717) is 11.8 Å². The second-order valence-corrected chi connectivity index (χ2v) is 7.45. The van der Waals surface area contributed by atoms with Crippen LogP contribution in [0.3, 0.4) is 0 Å². The smallest absolute Gasteiger partial charge is 0.247 e. The number of amides is 1. The predicted molar refractivity (Wildman–Crippen MR) is 98.4 cm³/mol. The van der Waals surface area contributed by atoms with E-state index in [2.05, 4.69) is 24.3 Å². The lowest BCUT2D eigenvalue weighted by atomic mass is 9.78. The minimum Gasteiger partial charge on any atom is -0.353 e. The van der Waals surface area contributed by atoms with Gasteiger partial charge in [-0.15, -0.1) is 0 Å². The van der Waals surface area contributed by atoms with Gasteiger partial charge in [-0.1, -0.05) is 38.3 Å². The summed E-state index contributed by atoms with van der Waals surface area (Å²) >= 11 is 0. The highest BCUT2D eigenvalue weighted by molar-refractivity contribution is 5.92. The van der Waals surface area contributed by atoms with Gasteiger partial charge in [0.15, 0.2) is 0 Å². The Labute approximate surface area is 148 Å². The van der Waals surface area contributed by atoms with Gasteiger partial charge in [0, 0.05) is 24.3 Å². The lowest BCUT2D eigenvalue weighted by Crippen LogP contribution is -2.43. The Hall–Kier alpha value is -2.17. The highest BCUT2D eigenvalue weighted by atomic mass is 16.2. The number of carbonyl (C=O) groups is 2. The van der Waals surface area contributed by atoms with Crippen LogP contribution < -0.4 is 5.32 Å². The van der Waals surface area contributed by atoms with Crippen LogP contribution in [0.15, 0.2) is 24.4 Å². The highest BCUT2D eigenvalue weighted by Gasteiger charge is 2.28. The first-order valence-corrected chi connectivity index (χ1v) is 9.22. The molecule has 1 aliphatic rings. The van der Waals surface area contributed by atoms with Crippen molar-refractivity contribution in [3.63, 3.8) is 0 Å². The van der Waals surface area contributed by atoms with Crippen molar-refractivity contribution in [2.45, 2.75) is 58.9 Å².